The maximum absolute atomic E-state index is 8.77. The monoisotopic (exact) mass is 339 g/mol. The van der Waals surface area contributed by atoms with E-state index in [-0.39, 0.29) is 45.7 Å². The smallest absolute Gasteiger partial charge is 0.0629 e. The number of hydrogen-bond acceptors (Lipinski definition) is 1. The second-order valence-corrected chi connectivity index (χ2v) is 5.86. The zero-order valence-electron chi connectivity index (χ0n) is 21.6. The van der Waals surface area contributed by atoms with Gasteiger partial charge in [-0.2, -0.15) is 0 Å². The number of hydrogen-bond donors (Lipinski definition) is 0. The molecule has 0 aliphatic heterocycles. The summed E-state index contributed by atoms with van der Waals surface area (Å²) in [7, 11) is 0. The summed E-state index contributed by atoms with van der Waals surface area (Å²) >= 11 is 0. The Balaban J connectivity index is 2.26. The van der Waals surface area contributed by atoms with Gasteiger partial charge in [0.05, 0.1) is 11.0 Å². The van der Waals surface area contributed by atoms with Crippen molar-refractivity contribution in [3.8, 4) is 22.3 Å². The van der Waals surface area contributed by atoms with Crippen molar-refractivity contribution in [3.63, 3.8) is 0 Å². The van der Waals surface area contributed by atoms with Crippen LogP contribution in [0.15, 0.2) is 103 Å². The molecule has 0 amide bonds. The topological polar surface area (TPSA) is 12.9 Å². The highest BCUT2D eigenvalue weighted by Crippen LogP contribution is 2.43. The van der Waals surface area contributed by atoms with Gasteiger partial charge in [0, 0.05) is 18.0 Å². The Hall–Kier alpha value is -3.45. The van der Waals surface area contributed by atoms with E-state index in [2.05, 4.69) is 4.98 Å². The van der Waals surface area contributed by atoms with E-state index in [0.717, 1.165) is 0 Å². The Morgan fingerprint density at radius 3 is 1.58 bits per heavy atom. The summed E-state index contributed by atoms with van der Waals surface area (Å²) in [6.45, 7) is 0. The van der Waals surface area contributed by atoms with E-state index >= 15 is 0 Å². The first-order valence-electron chi connectivity index (χ1n) is 12.2. The molecule has 0 aliphatic carbocycles. The number of benzene rings is 4. The minimum absolute atomic E-state index is 0.190. The van der Waals surface area contributed by atoms with E-state index in [9.17, 15) is 0 Å². The molecule has 1 heteroatoms. The van der Waals surface area contributed by atoms with Crippen molar-refractivity contribution in [1.29, 1.82) is 0 Å². The van der Waals surface area contributed by atoms with Gasteiger partial charge in [-0.3, -0.25) is 4.98 Å². The van der Waals surface area contributed by atoms with Crippen molar-refractivity contribution in [3.05, 3.63) is 103 Å². The van der Waals surface area contributed by atoms with Gasteiger partial charge < -0.3 is 0 Å². The highest BCUT2D eigenvalue weighted by Gasteiger charge is 2.15. The van der Waals surface area contributed by atoms with Gasteiger partial charge >= 0.3 is 0 Å². The summed E-state index contributed by atoms with van der Waals surface area (Å²) in [5, 5.41) is 0.785. The molecule has 4 aromatic carbocycles. The van der Waals surface area contributed by atoms with Gasteiger partial charge in [0.25, 0.3) is 0 Å². The minimum Gasteiger partial charge on any atom is -0.264 e. The van der Waals surface area contributed by atoms with E-state index < -0.39 is 24.2 Å². The van der Waals surface area contributed by atoms with Crippen molar-refractivity contribution < 1.29 is 11.0 Å². The van der Waals surface area contributed by atoms with E-state index in [4.69, 9.17) is 11.0 Å². The van der Waals surface area contributed by atoms with Crippen LogP contribution in [0.4, 0.5) is 0 Å². The molecule has 0 radical (unpaired) electrons. The molecule has 1 heterocycles. The van der Waals surface area contributed by atoms with Crippen LogP contribution in [0.3, 0.4) is 0 Å². The lowest BCUT2D eigenvalue weighted by Gasteiger charge is -2.17. The Morgan fingerprint density at radius 2 is 1.08 bits per heavy atom. The molecular formula is C25H17N. The lowest BCUT2D eigenvalue weighted by atomic mass is 9.86. The summed E-state index contributed by atoms with van der Waals surface area (Å²) in [5.41, 5.74) is 1.73. The lowest BCUT2D eigenvalue weighted by molar-refractivity contribution is 1.33. The molecule has 5 rings (SSSR count). The Bertz CT molecular complexity index is 1410. The second-order valence-electron chi connectivity index (χ2n) is 5.86. The van der Waals surface area contributed by atoms with Gasteiger partial charge in [0.2, 0.25) is 0 Å². The average molecular weight is 339 g/mol. The van der Waals surface area contributed by atoms with Crippen LogP contribution in [0.25, 0.3) is 43.8 Å². The van der Waals surface area contributed by atoms with Gasteiger partial charge in [-0.15, -0.1) is 0 Å². The summed E-state index contributed by atoms with van der Waals surface area (Å²) < 4.78 is 68.4. The van der Waals surface area contributed by atoms with Crippen molar-refractivity contribution in [2.75, 3.05) is 0 Å². The van der Waals surface area contributed by atoms with Crippen LogP contribution in [0.2, 0.25) is 0 Å². The van der Waals surface area contributed by atoms with Gasteiger partial charge in [-0.1, -0.05) is 84.7 Å². The SMILES string of the molecule is [2H]c1c([2H])c([2H])c2c(-c3cccnc3)c3c([2H])c([2H])c([2H])c([2H])c3c(-c3ccccc3)c2c1[2H]. The fourth-order valence-electron chi connectivity index (χ4n) is 3.32. The first-order chi connectivity index (χ1) is 16.3. The fraction of sp³-hybridized carbons (Fsp3) is 0. The number of rotatable bonds is 2. The van der Waals surface area contributed by atoms with Crippen LogP contribution in [0, 0.1) is 0 Å². The lowest BCUT2D eigenvalue weighted by Crippen LogP contribution is -1.90. The molecule has 0 atom stereocenters. The van der Waals surface area contributed by atoms with Crippen molar-refractivity contribution in [2.45, 2.75) is 0 Å². The van der Waals surface area contributed by atoms with Gasteiger partial charge in [-0.25, -0.2) is 0 Å². The highest BCUT2D eigenvalue weighted by atomic mass is 14.6. The van der Waals surface area contributed by atoms with Gasteiger partial charge in [-0.05, 0) is 44.3 Å². The molecule has 0 spiro atoms. The summed E-state index contributed by atoms with van der Waals surface area (Å²) in [6.07, 6.45) is 3.09. The third-order valence-electron chi connectivity index (χ3n) is 4.39. The molecule has 1 aromatic heterocycles. The standard InChI is InChI=1S/C25H17N/c1-2-9-18(10-3-1)24-20-12-4-6-14-22(20)25(19-11-8-16-26-17-19)23-15-7-5-13-21(23)24/h1-17H/i4D,5D,6D,7D,12D,13D,14D,15D. The molecule has 1 nitrogen and oxygen atoms in total. The zero-order valence-corrected chi connectivity index (χ0v) is 13.6. The Morgan fingerprint density at radius 1 is 0.577 bits per heavy atom. The quantitative estimate of drug-likeness (QED) is 0.325. The number of pyridine rings is 1. The molecule has 0 saturated carbocycles. The average Bonchev–Trinajstić information content (AvgIpc) is 2.87. The van der Waals surface area contributed by atoms with E-state index in [1.54, 1.807) is 42.6 Å². The third kappa shape index (κ3) is 2.29. The Kier molecular flexibility index (Phi) is 2.07. The molecule has 26 heavy (non-hydrogen) atoms. The largest absolute Gasteiger partial charge is 0.264 e. The van der Waals surface area contributed by atoms with Crippen LogP contribution in [-0.2, 0) is 0 Å². The van der Waals surface area contributed by atoms with Crippen LogP contribution in [-0.4, -0.2) is 4.98 Å². The number of fused-ring (bicyclic) bond motifs is 2. The number of aromatic nitrogens is 1. The summed E-state index contributed by atoms with van der Waals surface area (Å²) in [6, 6.07) is 9.54. The summed E-state index contributed by atoms with van der Waals surface area (Å²) in [5.74, 6) is 0. The van der Waals surface area contributed by atoms with E-state index in [1.165, 1.54) is 6.20 Å². The first kappa shape index (κ1) is 8.77. The van der Waals surface area contributed by atoms with Crippen LogP contribution < -0.4 is 0 Å². The molecule has 5 aromatic rings. The first-order valence-corrected chi connectivity index (χ1v) is 8.17. The molecule has 122 valence electrons. The fourth-order valence-corrected chi connectivity index (χ4v) is 3.32. The second kappa shape index (κ2) is 6.12. The molecule has 0 unspecified atom stereocenters. The number of nitrogens with zero attached hydrogens (tertiary/aromatic N) is 1. The molecule has 0 bridgehead atoms. The third-order valence-corrected chi connectivity index (χ3v) is 4.39. The summed E-state index contributed by atoms with van der Waals surface area (Å²) in [4.78, 5) is 4.16. The maximum Gasteiger partial charge on any atom is 0.0629 e. The highest BCUT2D eigenvalue weighted by molar-refractivity contribution is 6.21. The predicted molar refractivity (Wildman–Crippen MR) is 110 cm³/mol. The zero-order chi connectivity index (χ0) is 24.3. The minimum atomic E-state index is -0.415. The maximum atomic E-state index is 8.77. The molecule has 0 N–H and O–H groups in total. The predicted octanol–water partition coefficient (Wildman–Crippen LogP) is 6.72. The van der Waals surface area contributed by atoms with Crippen molar-refractivity contribution >= 4 is 21.5 Å². The van der Waals surface area contributed by atoms with Crippen LogP contribution in [0.1, 0.15) is 11.0 Å². The normalized spacial score (nSPS) is 15.4. The van der Waals surface area contributed by atoms with Gasteiger partial charge in [0.15, 0.2) is 0 Å². The Labute approximate surface area is 163 Å². The van der Waals surface area contributed by atoms with E-state index in [1.807, 2.05) is 6.07 Å². The molecule has 0 saturated heterocycles. The van der Waals surface area contributed by atoms with Crippen molar-refractivity contribution in [2.24, 2.45) is 0 Å². The molecule has 0 fully saturated rings. The van der Waals surface area contributed by atoms with E-state index in [0.29, 0.717) is 22.3 Å². The van der Waals surface area contributed by atoms with Crippen LogP contribution >= 0.6 is 0 Å². The van der Waals surface area contributed by atoms with Gasteiger partial charge in [0.1, 0.15) is 0 Å². The van der Waals surface area contributed by atoms with Crippen molar-refractivity contribution in [1.82, 2.24) is 4.98 Å². The molecular weight excluding hydrogens is 314 g/mol. The van der Waals surface area contributed by atoms with Crippen LogP contribution in [0.5, 0.6) is 0 Å². The molecule has 0 aliphatic rings.